The van der Waals surface area contributed by atoms with Gasteiger partial charge in [-0.15, -0.1) is 0 Å². The number of quaternary nitrogens is 2. The van der Waals surface area contributed by atoms with Crippen LogP contribution in [0.15, 0.2) is 0 Å². The summed E-state index contributed by atoms with van der Waals surface area (Å²) in [4.78, 5) is 6.25. The van der Waals surface area contributed by atoms with Crippen LogP contribution in [-0.4, -0.2) is 87.1 Å². The van der Waals surface area contributed by atoms with E-state index in [0.717, 1.165) is 6.04 Å². The zero-order valence-electron chi connectivity index (χ0n) is 22.3. The highest BCUT2D eigenvalue weighted by atomic mass is 15.9. The Kier molecular flexibility index (Phi) is 6.16. The third-order valence-electron chi connectivity index (χ3n) is 9.50. The molecule has 4 heteroatoms. The molecule has 0 aromatic rings. The molecule has 4 nitrogen and oxygen atoms in total. The second-order valence-corrected chi connectivity index (χ2v) is 13.5. The number of fused-ring (bicyclic) bond motifs is 2. The Labute approximate surface area is 194 Å². The highest BCUT2D eigenvalue weighted by Crippen LogP contribution is 2.60. The number of hydrogen-bond acceptors (Lipinski definition) is 2. The van der Waals surface area contributed by atoms with Crippen LogP contribution < -0.4 is 0 Å². The van der Waals surface area contributed by atoms with Gasteiger partial charge in [-0.3, -0.25) is 0 Å². The van der Waals surface area contributed by atoms with Crippen LogP contribution in [-0.2, 0) is 0 Å². The van der Waals surface area contributed by atoms with Crippen molar-refractivity contribution in [2.24, 2.45) is 0 Å². The monoisotopic (exact) mass is 434 g/mol. The number of nitrogens with zero attached hydrogens (tertiary/aromatic N) is 4. The molecule has 0 saturated carbocycles. The van der Waals surface area contributed by atoms with E-state index in [2.05, 4.69) is 65.2 Å². The standard InChI is InChI=1S/C27H54N4/c1-9-15-23-22-30(17-11-12-18-30)27(29(23)26(6,7)8)28(25(3,4)5)21-24(16-10-2)31(27)19-13-14-20-31/h23-24H,9-22H2,1-8H3/q+2. The molecule has 0 N–H and O–H groups in total. The van der Waals surface area contributed by atoms with E-state index in [-0.39, 0.29) is 17.0 Å². The molecule has 0 aromatic carbocycles. The lowest BCUT2D eigenvalue weighted by molar-refractivity contribution is -1.17. The Morgan fingerprint density at radius 3 is 1.81 bits per heavy atom. The Bertz CT molecular complexity index is 633. The summed E-state index contributed by atoms with van der Waals surface area (Å²) in [5.41, 5.74) is 0.372. The molecule has 0 aromatic heterocycles. The highest BCUT2D eigenvalue weighted by molar-refractivity contribution is 5.04. The van der Waals surface area contributed by atoms with Crippen molar-refractivity contribution in [2.45, 2.75) is 136 Å². The minimum atomic E-state index is 0.128. The van der Waals surface area contributed by atoms with E-state index in [1.54, 1.807) is 0 Å². The Hall–Kier alpha value is -0.160. The second-order valence-electron chi connectivity index (χ2n) is 13.5. The van der Waals surface area contributed by atoms with Crippen molar-refractivity contribution in [3.8, 4) is 0 Å². The first-order valence-electron chi connectivity index (χ1n) is 13.8. The maximum absolute atomic E-state index is 3.15. The van der Waals surface area contributed by atoms with E-state index in [0.29, 0.717) is 6.04 Å². The molecule has 3 unspecified atom stereocenters. The number of rotatable bonds is 4. The SMILES string of the molecule is CCCC1C[N+]2(CCCC2)C2(N(C(C)(C)C)CC(CCC)[N+]23CCCC3)N1C(C)(C)C. The minimum Gasteiger partial charge on any atom is -0.241 e. The molecule has 0 radical (unpaired) electrons. The van der Waals surface area contributed by atoms with Crippen LogP contribution in [0.2, 0.25) is 0 Å². The maximum Gasteiger partial charge on any atom is 0.358 e. The summed E-state index contributed by atoms with van der Waals surface area (Å²) >= 11 is 0. The van der Waals surface area contributed by atoms with Gasteiger partial charge in [0.05, 0.1) is 38.8 Å². The van der Waals surface area contributed by atoms with E-state index in [1.807, 2.05) is 0 Å². The Balaban J connectivity index is 2.03. The van der Waals surface area contributed by atoms with Crippen molar-refractivity contribution in [3.05, 3.63) is 0 Å². The fourth-order valence-corrected chi connectivity index (χ4v) is 9.01. The van der Waals surface area contributed by atoms with E-state index in [1.165, 1.54) is 99.6 Å². The lowest BCUT2D eigenvalue weighted by Crippen LogP contribution is -2.86. The fraction of sp³-hybridized carbons (Fsp3) is 1.00. The lowest BCUT2D eigenvalue weighted by Gasteiger charge is -2.61. The predicted molar refractivity (Wildman–Crippen MR) is 131 cm³/mol. The van der Waals surface area contributed by atoms with Crippen molar-refractivity contribution in [2.75, 3.05) is 39.3 Å². The maximum atomic E-state index is 3.15. The van der Waals surface area contributed by atoms with Crippen LogP contribution in [0.5, 0.6) is 0 Å². The summed E-state index contributed by atoms with van der Waals surface area (Å²) in [6.07, 6.45) is 11.1. The highest BCUT2D eigenvalue weighted by Gasteiger charge is 2.84. The Morgan fingerprint density at radius 1 is 0.774 bits per heavy atom. The first kappa shape index (κ1) is 24.0. The van der Waals surface area contributed by atoms with Gasteiger partial charge < -0.3 is 0 Å². The van der Waals surface area contributed by atoms with Gasteiger partial charge in [-0.25, -0.2) is 8.97 Å². The van der Waals surface area contributed by atoms with Crippen LogP contribution >= 0.6 is 0 Å². The molecule has 4 rings (SSSR count). The number of hydrogen-bond donors (Lipinski definition) is 0. The van der Waals surface area contributed by atoms with Crippen molar-refractivity contribution in [1.82, 2.24) is 9.80 Å². The summed E-state index contributed by atoms with van der Waals surface area (Å²) in [5, 5.41) is 0. The third kappa shape index (κ3) is 3.21. The molecular weight excluding hydrogens is 380 g/mol. The van der Waals surface area contributed by atoms with Gasteiger partial charge in [-0.05, 0) is 48.0 Å². The van der Waals surface area contributed by atoms with Gasteiger partial charge in [-0.2, -0.15) is 9.80 Å². The molecular formula is C27H54N4+2. The first-order valence-corrected chi connectivity index (χ1v) is 13.8. The first-order chi connectivity index (χ1) is 14.5. The van der Waals surface area contributed by atoms with Crippen molar-refractivity contribution < 1.29 is 8.97 Å². The molecule has 4 fully saturated rings. The molecule has 4 saturated heterocycles. The van der Waals surface area contributed by atoms with Crippen LogP contribution in [0.25, 0.3) is 0 Å². The summed E-state index contributed by atoms with van der Waals surface area (Å²) in [5.74, 6) is 0.128. The molecule has 3 spiro atoms. The molecule has 4 heterocycles. The normalized spacial score (nSPS) is 36.0. The van der Waals surface area contributed by atoms with Crippen LogP contribution in [0.3, 0.4) is 0 Å². The molecule has 4 aliphatic heterocycles. The van der Waals surface area contributed by atoms with Gasteiger partial charge in [0.1, 0.15) is 12.6 Å². The zero-order valence-corrected chi connectivity index (χ0v) is 22.3. The van der Waals surface area contributed by atoms with Crippen molar-refractivity contribution in [3.63, 3.8) is 0 Å². The van der Waals surface area contributed by atoms with Crippen molar-refractivity contribution in [1.29, 1.82) is 0 Å². The van der Waals surface area contributed by atoms with Crippen LogP contribution in [0.1, 0.15) is 107 Å². The molecule has 4 aliphatic rings. The summed E-state index contributed by atoms with van der Waals surface area (Å²) in [6.45, 7) is 28.3. The topological polar surface area (TPSA) is 6.48 Å². The third-order valence-corrected chi connectivity index (χ3v) is 9.50. The van der Waals surface area contributed by atoms with Crippen molar-refractivity contribution >= 4 is 0 Å². The smallest absolute Gasteiger partial charge is 0.241 e. The van der Waals surface area contributed by atoms with E-state index in [9.17, 15) is 0 Å². The van der Waals surface area contributed by atoms with Gasteiger partial charge in [0.15, 0.2) is 0 Å². The summed E-state index contributed by atoms with van der Waals surface area (Å²) < 4.78 is 2.75. The molecule has 0 aliphatic carbocycles. The Morgan fingerprint density at radius 2 is 1.32 bits per heavy atom. The summed E-state index contributed by atoms with van der Waals surface area (Å²) in [6, 6.07) is 1.51. The largest absolute Gasteiger partial charge is 0.358 e. The average molecular weight is 435 g/mol. The van der Waals surface area contributed by atoms with Gasteiger partial charge in [0.2, 0.25) is 0 Å². The van der Waals surface area contributed by atoms with Gasteiger partial charge in [0, 0.05) is 43.2 Å². The van der Waals surface area contributed by atoms with Crippen LogP contribution in [0.4, 0.5) is 0 Å². The molecule has 31 heavy (non-hydrogen) atoms. The minimum absolute atomic E-state index is 0.128. The quantitative estimate of drug-likeness (QED) is 0.548. The molecule has 3 atom stereocenters. The van der Waals surface area contributed by atoms with Crippen LogP contribution in [0, 0.1) is 0 Å². The average Bonchev–Trinajstić information content (AvgIpc) is 3.40. The van der Waals surface area contributed by atoms with E-state index < -0.39 is 0 Å². The second kappa shape index (κ2) is 7.96. The predicted octanol–water partition coefficient (Wildman–Crippen LogP) is 5.38. The van der Waals surface area contributed by atoms with E-state index >= 15 is 0 Å². The van der Waals surface area contributed by atoms with E-state index in [4.69, 9.17) is 0 Å². The molecule has 0 amide bonds. The van der Waals surface area contributed by atoms with Gasteiger partial charge >= 0.3 is 5.91 Å². The zero-order chi connectivity index (χ0) is 22.7. The molecule has 0 bridgehead atoms. The van der Waals surface area contributed by atoms with Gasteiger partial charge in [0.25, 0.3) is 0 Å². The van der Waals surface area contributed by atoms with Gasteiger partial charge in [-0.1, -0.05) is 26.7 Å². The lowest BCUT2D eigenvalue weighted by atomic mass is 9.98. The fourth-order valence-electron chi connectivity index (χ4n) is 9.01. The molecule has 180 valence electrons. The summed E-state index contributed by atoms with van der Waals surface area (Å²) in [7, 11) is 0.